The number of benzene rings is 1. The maximum absolute atomic E-state index is 7.31. The second kappa shape index (κ2) is 5.05. The quantitative estimate of drug-likeness (QED) is 0.492. The van der Waals surface area contributed by atoms with Crippen molar-refractivity contribution in [1.82, 2.24) is 9.55 Å². The highest BCUT2D eigenvalue weighted by Crippen LogP contribution is 2.22. The zero-order valence-electron chi connectivity index (χ0n) is 9.55. The third kappa shape index (κ3) is 2.88. The molecule has 2 aromatic rings. The number of nitrogens with zero attached hydrogens (tertiary/aromatic N) is 2. The first kappa shape index (κ1) is 11.7. The number of aromatic nitrogens is 2. The Hall–Kier alpha value is -1.75. The molecule has 17 heavy (non-hydrogen) atoms. The predicted molar refractivity (Wildman–Crippen MR) is 70.2 cm³/mol. The van der Waals surface area contributed by atoms with E-state index in [-0.39, 0.29) is 5.84 Å². The summed E-state index contributed by atoms with van der Waals surface area (Å²) < 4.78 is 2.01. The molecule has 3 N–H and O–H groups in total. The lowest BCUT2D eigenvalue weighted by Crippen LogP contribution is -2.10. The summed E-state index contributed by atoms with van der Waals surface area (Å²) in [6, 6.07) is 7.68. The maximum Gasteiger partial charge on any atom is 0.122 e. The molecule has 0 bridgehead atoms. The largest absolute Gasteiger partial charge is 0.384 e. The van der Waals surface area contributed by atoms with Crippen LogP contribution in [0.5, 0.6) is 0 Å². The molecule has 0 aliphatic rings. The third-order valence-electron chi connectivity index (χ3n) is 2.45. The van der Waals surface area contributed by atoms with Crippen LogP contribution in [0.25, 0.3) is 0 Å². The van der Waals surface area contributed by atoms with Crippen molar-refractivity contribution in [1.29, 1.82) is 5.41 Å². The van der Waals surface area contributed by atoms with Gasteiger partial charge in [0.25, 0.3) is 0 Å². The monoisotopic (exact) mass is 246 g/mol. The van der Waals surface area contributed by atoms with Gasteiger partial charge in [0.2, 0.25) is 0 Å². The van der Waals surface area contributed by atoms with Crippen LogP contribution in [0.4, 0.5) is 0 Å². The van der Waals surface area contributed by atoms with Crippen molar-refractivity contribution in [3.8, 4) is 0 Å². The van der Waals surface area contributed by atoms with Gasteiger partial charge in [-0.2, -0.15) is 0 Å². The van der Waals surface area contributed by atoms with Crippen molar-refractivity contribution >= 4 is 17.6 Å². The Morgan fingerprint density at radius 1 is 1.41 bits per heavy atom. The number of hydrogen-bond acceptors (Lipinski definition) is 3. The number of hydrogen-bond donors (Lipinski definition) is 2. The molecule has 0 saturated carbocycles. The minimum Gasteiger partial charge on any atom is -0.384 e. The first-order chi connectivity index (χ1) is 8.16. The van der Waals surface area contributed by atoms with E-state index in [0.29, 0.717) is 0 Å². The Balaban J connectivity index is 2.00. The maximum atomic E-state index is 7.31. The van der Waals surface area contributed by atoms with Gasteiger partial charge >= 0.3 is 0 Å². The Morgan fingerprint density at radius 2 is 2.12 bits per heavy atom. The van der Waals surface area contributed by atoms with Gasteiger partial charge in [-0.25, -0.2) is 4.98 Å². The van der Waals surface area contributed by atoms with E-state index in [9.17, 15) is 0 Å². The molecule has 0 aliphatic carbocycles. The normalized spacial score (nSPS) is 10.4. The number of thioether (sulfide) groups is 1. The van der Waals surface area contributed by atoms with Crippen LogP contribution in [0, 0.1) is 5.41 Å². The lowest BCUT2D eigenvalue weighted by Gasteiger charge is -2.03. The van der Waals surface area contributed by atoms with Crippen LogP contribution in [0.2, 0.25) is 0 Å². The van der Waals surface area contributed by atoms with E-state index in [1.165, 1.54) is 0 Å². The van der Waals surface area contributed by atoms with Crippen molar-refractivity contribution in [2.45, 2.75) is 10.6 Å². The molecule has 0 radical (unpaired) electrons. The van der Waals surface area contributed by atoms with Gasteiger partial charge in [-0.05, 0) is 12.1 Å². The van der Waals surface area contributed by atoms with E-state index in [1.54, 1.807) is 18.0 Å². The predicted octanol–water partition coefficient (Wildman–Crippen LogP) is 2.00. The van der Waals surface area contributed by atoms with Crippen LogP contribution in [0.1, 0.15) is 11.4 Å². The number of nitrogen functional groups attached to an aromatic ring is 1. The molecule has 1 aromatic heterocycles. The molecular weight excluding hydrogens is 232 g/mol. The third-order valence-corrected chi connectivity index (χ3v) is 3.46. The molecule has 1 heterocycles. The molecule has 4 nitrogen and oxygen atoms in total. The summed E-state index contributed by atoms with van der Waals surface area (Å²) in [6.45, 7) is 0. The van der Waals surface area contributed by atoms with E-state index in [1.807, 2.05) is 42.1 Å². The molecular formula is C12H14N4S. The van der Waals surface area contributed by atoms with Crippen molar-refractivity contribution in [2.24, 2.45) is 12.8 Å². The zero-order valence-corrected chi connectivity index (χ0v) is 10.4. The summed E-state index contributed by atoms with van der Waals surface area (Å²) in [5, 5.41) is 7.31. The molecule has 5 heteroatoms. The number of aryl methyl sites for hydroxylation is 1. The minimum atomic E-state index is 0.102. The van der Waals surface area contributed by atoms with Gasteiger partial charge in [-0.15, -0.1) is 11.8 Å². The number of nitrogens with two attached hydrogens (primary N) is 1. The van der Waals surface area contributed by atoms with Gasteiger partial charge < -0.3 is 10.3 Å². The molecule has 1 aromatic carbocycles. The molecule has 0 amide bonds. The Kier molecular flexibility index (Phi) is 3.49. The first-order valence-corrected chi connectivity index (χ1v) is 6.19. The van der Waals surface area contributed by atoms with E-state index < -0.39 is 0 Å². The van der Waals surface area contributed by atoms with Crippen molar-refractivity contribution in [3.05, 3.63) is 48.0 Å². The van der Waals surface area contributed by atoms with E-state index in [0.717, 1.165) is 22.0 Å². The van der Waals surface area contributed by atoms with Gasteiger partial charge in [0, 0.05) is 29.9 Å². The molecule has 0 fully saturated rings. The SMILES string of the molecule is Cn1ccnc1CSc1ccc(C(=N)N)cc1. The molecule has 0 saturated heterocycles. The second-order valence-corrected chi connectivity index (χ2v) is 4.73. The topological polar surface area (TPSA) is 67.7 Å². The fraction of sp³-hybridized carbons (Fsp3) is 0.167. The highest BCUT2D eigenvalue weighted by Gasteiger charge is 2.01. The number of nitrogens with one attached hydrogen (secondary N) is 1. The summed E-state index contributed by atoms with van der Waals surface area (Å²) in [7, 11) is 1.99. The van der Waals surface area contributed by atoms with E-state index >= 15 is 0 Å². The molecule has 0 unspecified atom stereocenters. The van der Waals surface area contributed by atoms with Crippen LogP contribution in [-0.2, 0) is 12.8 Å². The number of amidine groups is 1. The fourth-order valence-corrected chi connectivity index (χ4v) is 2.32. The molecule has 0 aliphatic heterocycles. The zero-order chi connectivity index (χ0) is 12.3. The van der Waals surface area contributed by atoms with E-state index in [2.05, 4.69) is 4.98 Å². The lowest BCUT2D eigenvalue weighted by atomic mass is 10.2. The van der Waals surface area contributed by atoms with Crippen molar-refractivity contribution in [3.63, 3.8) is 0 Å². The second-order valence-electron chi connectivity index (χ2n) is 3.68. The smallest absolute Gasteiger partial charge is 0.122 e. The Bertz CT molecular complexity index is 516. The fourth-order valence-electron chi connectivity index (χ4n) is 1.41. The summed E-state index contributed by atoms with van der Waals surface area (Å²) in [6.07, 6.45) is 3.74. The van der Waals surface area contributed by atoms with Crippen LogP contribution in [0.15, 0.2) is 41.6 Å². The van der Waals surface area contributed by atoms with Crippen LogP contribution in [-0.4, -0.2) is 15.4 Å². The standard InChI is InChI=1S/C12H14N4S/c1-16-7-6-15-11(16)8-17-10-4-2-9(3-5-10)12(13)14/h2-7H,8H2,1H3,(H3,13,14). The molecule has 0 spiro atoms. The Morgan fingerprint density at radius 3 is 2.65 bits per heavy atom. The van der Waals surface area contributed by atoms with Crippen LogP contribution < -0.4 is 5.73 Å². The van der Waals surface area contributed by atoms with Gasteiger partial charge in [-0.1, -0.05) is 12.1 Å². The molecule has 2 rings (SSSR count). The average molecular weight is 246 g/mol. The summed E-state index contributed by atoms with van der Waals surface area (Å²) in [5.41, 5.74) is 6.15. The summed E-state index contributed by atoms with van der Waals surface area (Å²) in [4.78, 5) is 5.42. The van der Waals surface area contributed by atoms with Gasteiger partial charge in [0.1, 0.15) is 11.7 Å². The highest BCUT2D eigenvalue weighted by molar-refractivity contribution is 7.98. The van der Waals surface area contributed by atoms with Gasteiger partial charge in [0.05, 0.1) is 5.75 Å². The molecule has 88 valence electrons. The van der Waals surface area contributed by atoms with Crippen LogP contribution in [0.3, 0.4) is 0 Å². The van der Waals surface area contributed by atoms with Gasteiger partial charge in [-0.3, -0.25) is 5.41 Å². The average Bonchev–Trinajstić information content (AvgIpc) is 2.73. The molecule has 0 atom stereocenters. The number of imidazole rings is 1. The van der Waals surface area contributed by atoms with E-state index in [4.69, 9.17) is 11.1 Å². The first-order valence-electron chi connectivity index (χ1n) is 5.20. The van der Waals surface area contributed by atoms with Crippen LogP contribution >= 0.6 is 11.8 Å². The lowest BCUT2D eigenvalue weighted by molar-refractivity contribution is 0.849. The minimum absolute atomic E-state index is 0.102. The summed E-state index contributed by atoms with van der Waals surface area (Å²) in [5.74, 6) is 1.99. The van der Waals surface area contributed by atoms with Crippen molar-refractivity contribution in [2.75, 3.05) is 0 Å². The summed E-state index contributed by atoms with van der Waals surface area (Å²) >= 11 is 1.72. The van der Waals surface area contributed by atoms with Crippen molar-refractivity contribution < 1.29 is 0 Å². The highest BCUT2D eigenvalue weighted by atomic mass is 32.2. The van der Waals surface area contributed by atoms with Gasteiger partial charge in [0.15, 0.2) is 0 Å². The number of rotatable bonds is 4. The Labute approximate surface area is 104 Å².